The molecule has 3 fully saturated rings. The van der Waals surface area contributed by atoms with Gasteiger partial charge in [0, 0.05) is 6.61 Å². The Balaban J connectivity index is 1.90. The number of methoxy groups -OCH3 is 1. The highest BCUT2D eigenvalue weighted by Gasteiger charge is 2.60. The second-order valence-electron chi connectivity index (χ2n) is 10.1. The van der Waals surface area contributed by atoms with Crippen LogP contribution in [0.3, 0.4) is 0 Å². The van der Waals surface area contributed by atoms with Crippen LogP contribution in [-0.4, -0.2) is 24.8 Å². The van der Waals surface area contributed by atoms with Crippen LogP contribution in [0.2, 0.25) is 0 Å². The molecule has 0 aromatic heterocycles. The minimum atomic E-state index is -0.323. The molecule has 144 valence electrons. The standard InChI is InChI=1S/C22H38O3/c1-14(2)17-11-15-7-8-19-21(3,18(15)12-16(17)13-23)9-6-10-22(19,4)20(24)25-5/h14-19,23H,6-13H2,1-5H3/t15-,16+,17+,18+,19+,21+,22+/m0/s1. The molecule has 0 aromatic carbocycles. The number of rotatable bonds is 3. The van der Waals surface area contributed by atoms with E-state index < -0.39 is 0 Å². The number of aliphatic hydroxyl groups excluding tert-OH is 1. The van der Waals surface area contributed by atoms with Crippen molar-refractivity contribution in [3.05, 3.63) is 0 Å². The Morgan fingerprint density at radius 2 is 1.92 bits per heavy atom. The van der Waals surface area contributed by atoms with Gasteiger partial charge in [-0.2, -0.15) is 0 Å². The maximum Gasteiger partial charge on any atom is 0.311 e. The van der Waals surface area contributed by atoms with E-state index in [4.69, 9.17) is 4.74 Å². The summed E-state index contributed by atoms with van der Waals surface area (Å²) in [5, 5.41) is 10.0. The predicted molar refractivity (Wildman–Crippen MR) is 99.9 cm³/mol. The van der Waals surface area contributed by atoms with Gasteiger partial charge in [0.2, 0.25) is 0 Å². The molecule has 0 spiro atoms. The molecule has 1 N–H and O–H groups in total. The molecular weight excluding hydrogens is 312 g/mol. The van der Waals surface area contributed by atoms with E-state index in [1.807, 2.05) is 0 Å². The molecule has 0 radical (unpaired) electrons. The van der Waals surface area contributed by atoms with Crippen LogP contribution >= 0.6 is 0 Å². The fourth-order valence-corrected chi connectivity index (χ4v) is 7.42. The van der Waals surface area contributed by atoms with Gasteiger partial charge in [-0.15, -0.1) is 0 Å². The Kier molecular flexibility index (Phi) is 5.27. The normalized spacial score (nSPS) is 47.1. The van der Waals surface area contributed by atoms with Crippen molar-refractivity contribution in [2.45, 2.75) is 72.6 Å². The Morgan fingerprint density at radius 3 is 2.52 bits per heavy atom. The van der Waals surface area contributed by atoms with Gasteiger partial charge in [-0.3, -0.25) is 4.79 Å². The van der Waals surface area contributed by atoms with Crippen molar-refractivity contribution in [3.8, 4) is 0 Å². The Labute approximate surface area is 153 Å². The van der Waals surface area contributed by atoms with Crippen LogP contribution < -0.4 is 0 Å². The van der Waals surface area contributed by atoms with E-state index in [0.717, 1.165) is 31.6 Å². The summed E-state index contributed by atoms with van der Waals surface area (Å²) in [6.45, 7) is 9.57. The van der Waals surface area contributed by atoms with Crippen molar-refractivity contribution in [1.29, 1.82) is 0 Å². The van der Waals surface area contributed by atoms with E-state index in [-0.39, 0.29) is 16.8 Å². The predicted octanol–water partition coefficient (Wildman–Crippen LogP) is 4.67. The molecule has 3 heteroatoms. The van der Waals surface area contributed by atoms with Gasteiger partial charge in [-0.1, -0.05) is 27.2 Å². The largest absolute Gasteiger partial charge is 0.469 e. The second-order valence-corrected chi connectivity index (χ2v) is 10.1. The lowest BCUT2D eigenvalue weighted by Gasteiger charge is -2.62. The number of hydrogen-bond donors (Lipinski definition) is 1. The lowest BCUT2D eigenvalue weighted by molar-refractivity contribution is -0.179. The molecule has 0 aromatic rings. The maximum absolute atomic E-state index is 12.6. The molecular formula is C22H38O3. The van der Waals surface area contributed by atoms with Crippen molar-refractivity contribution in [2.75, 3.05) is 13.7 Å². The lowest BCUT2D eigenvalue weighted by atomic mass is 9.43. The summed E-state index contributed by atoms with van der Waals surface area (Å²) >= 11 is 0. The third-order valence-corrected chi connectivity index (χ3v) is 8.70. The van der Waals surface area contributed by atoms with Gasteiger partial charge in [-0.25, -0.2) is 0 Å². The Morgan fingerprint density at radius 1 is 1.20 bits per heavy atom. The number of carbonyl (C=O) groups excluding carboxylic acids is 1. The van der Waals surface area contributed by atoms with Crippen LogP contribution in [0.4, 0.5) is 0 Å². The van der Waals surface area contributed by atoms with Crippen LogP contribution in [0.25, 0.3) is 0 Å². The highest BCUT2D eigenvalue weighted by Crippen LogP contribution is 2.65. The molecule has 0 bridgehead atoms. The van der Waals surface area contributed by atoms with Gasteiger partial charge < -0.3 is 9.84 Å². The Hall–Kier alpha value is -0.570. The van der Waals surface area contributed by atoms with E-state index in [1.165, 1.54) is 19.3 Å². The molecule has 3 aliphatic rings. The lowest BCUT2D eigenvalue weighted by Crippen LogP contribution is -2.57. The first-order valence-electron chi connectivity index (χ1n) is 10.5. The van der Waals surface area contributed by atoms with E-state index in [9.17, 15) is 9.90 Å². The summed E-state index contributed by atoms with van der Waals surface area (Å²) < 4.78 is 5.23. The van der Waals surface area contributed by atoms with Gasteiger partial charge in [0.25, 0.3) is 0 Å². The van der Waals surface area contributed by atoms with E-state index in [1.54, 1.807) is 7.11 Å². The van der Waals surface area contributed by atoms with Gasteiger partial charge >= 0.3 is 5.97 Å². The summed E-state index contributed by atoms with van der Waals surface area (Å²) in [6.07, 6.45) is 8.15. The molecule has 7 atom stereocenters. The van der Waals surface area contributed by atoms with Crippen LogP contribution in [0.1, 0.15) is 72.6 Å². The molecule has 0 amide bonds. The van der Waals surface area contributed by atoms with Crippen LogP contribution in [0.5, 0.6) is 0 Å². The summed E-state index contributed by atoms with van der Waals surface area (Å²) in [7, 11) is 1.54. The fourth-order valence-electron chi connectivity index (χ4n) is 7.42. The van der Waals surface area contributed by atoms with Crippen LogP contribution in [0, 0.1) is 46.3 Å². The maximum atomic E-state index is 12.6. The molecule has 3 saturated carbocycles. The number of esters is 1. The number of carbonyl (C=O) groups is 1. The van der Waals surface area contributed by atoms with Crippen molar-refractivity contribution < 1.29 is 14.6 Å². The second kappa shape index (κ2) is 6.87. The quantitative estimate of drug-likeness (QED) is 0.752. The fraction of sp³-hybridized carbons (Fsp3) is 0.955. The summed E-state index contributed by atoms with van der Waals surface area (Å²) in [5.41, 5.74) is -0.101. The van der Waals surface area contributed by atoms with E-state index in [2.05, 4.69) is 27.7 Å². The average molecular weight is 351 g/mol. The zero-order chi connectivity index (χ0) is 18.4. The van der Waals surface area contributed by atoms with Gasteiger partial charge in [0.05, 0.1) is 12.5 Å². The van der Waals surface area contributed by atoms with Gasteiger partial charge in [0.15, 0.2) is 0 Å². The van der Waals surface area contributed by atoms with E-state index >= 15 is 0 Å². The average Bonchev–Trinajstić information content (AvgIpc) is 2.59. The highest BCUT2D eigenvalue weighted by molar-refractivity contribution is 5.77. The molecule has 0 saturated heterocycles. The Bertz CT molecular complexity index is 502. The smallest absolute Gasteiger partial charge is 0.311 e. The first kappa shape index (κ1) is 19.2. The molecule has 3 rings (SSSR count). The topological polar surface area (TPSA) is 46.5 Å². The van der Waals surface area contributed by atoms with Crippen molar-refractivity contribution in [3.63, 3.8) is 0 Å². The molecule has 0 aliphatic heterocycles. The SMILES string of the molecule is COC(=O)[C@]1(C)CCC[C@]2(C)[C@@H]3C[C@H](CO)[C@@H](C(C)C)C[C@@H]3CC[C@H]21. The van der Waals surface area contributed by atoms with Crippen LogP contribution in [-0.2, 0) is 9.53 Å². The van der Waals surface area contributed by atoms with Crippen molar-refractivity contribution in [2.24, 2.45) is 46.3 Å². The van der Waals surface area contributed by atoms with Gasteiger partial charge in [-0.05, 0) is 86.4 Å². The van der Waals surface area contributed by atoms with E-state index in [0.29, 0.717) is 36.2 Å². The zero-order valence-corrected chi connectivity index (χ0v) is 16.9. The number of aliphatic hydroxyl groups is 1. The number of ether oxygens (including phenoxy) is 1. The number of hydrogen-bond acceptors (Lipinski definition) is 3. The molecule has 0 heterocycles. The molecule has 3 nitrogen and oxygen atoms in total. The minimum absolute atomic E-state index is 0.00329. The summed E-state index contributed by atoms with van der Waals surface area (Å²) in [6, 6.07) is 0. The number of fused-ring (bicyclic) bond motifs is 3. The summed E-state index contributed by atoms with van der Waals surface area (Å²) in [4.78, 5) is 12.6. The van der Waals surface area contributed by atoms with Crippen molar-refractivity contribution >= 4 is 5.97 Å². The minimum Gasteiger partial charge on any atom is -0.469 e. The monoisotopic (exact) mass is 350 g/mol. The van der Waals surface area contributed by atoms with Crippen molar-refractivity contribution in [1.82, 2.24) is 0 Å². The first-order chi connectivity index (χ1) is 11.8. The van der Waals surface area contributed by atoms with Gasteiger partial charge in [0.1, 0.15) is 0 Å². The molecule has 0 unspecified atom stereocenters. The highest BCUT2D eigenvalue weighted by atomic mass is 16.5. The molecule has 3 aliphatic carbocycles. The zero-order valence-electron chi connectivity index (χ0n) is 16.9. The third-order valence-electron chi connectivity index (χ3n) is 8.70. The van der Waals surface area contributed by atoms with Crippen LogP contribution in [0.15, 0.2) is 0 Å². The summed E-state index contributed by atoms with van der Waals surface area (Å²) in [5.74, 6) is 3.59. The first-order valence-corrected chi connectivity index (χ1v) is 10.5. The molecule has 25 heavy (non-hydrogen) atoms. The third kappa shape index (κ3) is 2.95.